The molecular weight excluding hydrogens is 425 g/mol. The summed E-state index contributed by atoms with van der Waals surface area (Å²) in [6.45, 7) is 13.7. The van der Waals surface area contributed by atoms with Crippen molar-refractivity contribution in [3.8, 4) is 9.75 Å². The Morgan fingerprint density at radius 2 is 1.06 bits per heavy atom. The van der Waals surface area contributed by atoms with Gasteiger partial charge in [0, 0.05) is 19.0 Å². The Balaban J connectivity index is 2.05. The van der Waals surface area contributed by atoms with Crippen LogP contribution in [0, 0.1) is 41.5 Å². The largest absolute Gasteiger partial charge is 0.376 e. The van der Waals surface area contributed by atoms with E-state index in [1.54, 1.807) is 0 Å². The van der Waals surface area contributed by atoms with Crippen LogP contribution in [0.15, 0.2) is 47.2 Å². The number of anilines is 1. The lowest BCUT2D eigenvalue weighted by Crippen LogP contribution is -2.56. The fourth-order valence-corrected chi connectivity index (χ4v) is 7.41. The summed E-state index contributed by atoms with van der Waals surface area (Å²) in [5, 5.41) is 4.49. The van der Waals surface area contributed by atoms with Crippen LogP contribution in [-0.4, -0.2) is 20.8 Å². The molecule has 0 saturated heterocycles. The zero-order chi connectivity index (χ0) is 23.2. The molecule has 4 rings (SSSR count). The summed E-state index contributed by atoms with van der Waals surface area (Å²) < 4.78 is 0. The molecule has 164 valence electrons. The van der Waals surface area contributed by atoms with Gasteiger partial charge in [-0.25, -0.2) is 0 Å². The van der Waals surface area contributed by atoms with Crippen LogP contribution in [0.5, 0.6) is 0 Å². The van der Waals surface area contributed by atoms with Crippen LogP contribution in [0.3, 0.4) is 0 Å². The van der Waals surface area contributed by atoms with E-state index in [1.807, 2.05) is 22.7 Å². The van der Waals surface area contributed by atoms with E-state index in [1.165, 1.54) is 65.2 Å². The molecule has 0 atom stereocenters. The minimum absolute atomic E-state index is 0.217. The Morgan fingerprint density at radius 1 is 0.625 bits per heavy atom. The molecule has 2 aromatic carbocycles. The molecule has 0 aliphatic rings. The predicted octanol–water partition coefficient (Wildman–Crippen LogP) is 5.91. The van der Waals surface area contributed by atoms with E-state index < -0.39 is 0 Å². The normalized spacial score (nSPS) is 11.1. The van der Waals surface area contributed by atoms with Crippen LogP contribution in [0.25, 0.3) is 9.75 Å². The van der Waals surface area contributed by atoms with Crippen molar-refractivity contribution in [2.24, 2.45) is 0 Å². The van der Waals surface area contributed by atoms with Crippen LogP contribution in [0.4, 0.5) is 5.69 Å². The Hall–Kier alpha value is -2.30. The molecular formula is C28H32BNS2. The van der Waals surface area contributed by atoms with E-state index in [0.717, 1.165) is 0 Å². The fraction of sp³-hybridized carbons (Fsp3) is 0.286. The quantitative estimate of drug-likeness (QED) is 0.337. The predicted molar refractivity (Wildman–Crippen MR) is 148 cm³/mol. The first-order valence-electron chi connectivity index (χ1n) is 11.2. The van der Waals surface area contributed by atoms with Crippen molar-refractivity contribution in [1.29, 1.82) is 0 Å². The Morgan fingerprint density at radius 3 is 1.53 bits per heavy atom. The number of thiophene rings is 2. The zero-order valence-electron chi connectivity index (χ0n) is 20.5. The molecule has 0 saturated carbocycles. The first-order valence-corrected chi connectivity index (χ1v) is 12.9. The van der Waals surface area contributed by atoms with Gasteiger partial charge in [0.2, 0.25) is 6.71 Å². The van der Waals surface area contributed by atoms with Gasteiger partial charge in [-0.2, -0.15) is 0 Å². The summed E-state index contributed by atoms with van der Waals surface area (Å²) in [5.41, 5.74) is 13.8. The molecule has 0 N–H and O–H groups in total. The molecule has 0 radical (unpaired) electrons. The van der Waals surface area contributed by atoms with Gasteiger partial charge < -0.3 is 4.90 Å². The first-order chi connectivity index (χ1) is 15.2. The van der Waals surface area contributed by atoms with Gasteiger partial charge in [-0.15, -0.1) is 22.7 Å². The molecule has 0 unspecified atom stereocenters. The van der Waals surface area contributed by atoms with Crippen molar-refractivity contribution in [3.63, 3.8) is 0 Å². The van der Waals surface area contributed by atoms with Crippen LogP contribution < -0.4 is 21.3 Å². The molecule has 2 aromatic heterocycles. The SMILES string of the molecule is Cc1cc(C)c(B(c2ccsc2-c2sccc2N(C)C)c2c(C)cc(C)cc2C)c(C)c1. The summed E-state index contributed by atoms with van der Waals surface area (Å²) >= 11 is 3.72. The summed E-state index contributed by atoms with van der Waals surface area (Å²) in [6.07, 6.45) is 0. The summed E-state index contributed by atoms with van der Waals surface area (Å²) in [6, 6.07) is 14.0. The Labute approximate surface area is 201 Å². The number of hydrogen-bond acceptors (Lipinski definition) is 3. The third-order valence-corrected chi connectivity index (χ3v) is 8.39. The molecule has 0 bridgehead atoms. The molecule has 0 spiro atoms. The molecule has 2 heterocycles. The van der Waals surface area contributed by atoms with Gasteiger partial charge in [-0.3, -0.25) is 0 Å². The maximum Gasteiger partial charge on any atom is 0.244 e. The molecule has 0 aliphatic carbocycles. The van der Waals surface area contributed by atoms with Crippen molar-refractivity contribution in [3.05, 3.63) is 80.5 Å². The van der Waals surface area contributed by atoms with Crippen LogP contribution in [0.2, 0.25) is 0 Å². The average Bonchev–Trinajstić information content (AvgIpc) is 3.34. The number of benzene rings is 2. The highest BCUT2D eigenvalue weighted by Crippen LogP contribution is 2.37. The number of aryl methyl sites for hydroxylation is 6. The lowest BCUT2D eigenvalue weighted by molar-refractivity contribution is 1.14. The lowest BCUT2D eigenvalue weighted by atomic mass is 9.34. The van der Waals surface area contributed by atoms with E-state index >= 15 is 0 Å². The summed E-state index contributed by atoms with van der Waals surface area (Å²) in [4.78, 5) is 5.00. The van der Waals surface area contributed by atoms with E-state index in [2.05, 4.69) is 108 Å². The molecule has 0 fully saturated rings. The Bertz CT molecular complexity index is 1170. The van der Waals surface area contributed by atoms with Crippen LogP contribution >= 0.6 is 22.7 Å². The van der Waals surface area contributed by atoms with Crippen LogP contribution in [-0.2, 0) is 0 Å². The second-order valence-corrected chi connectivity index (χ2v) is 11.1. The van der Waals surface area contributed by atoms with Crippen molar-refractivity contribution in [2.45, 2.75) is 41.5 Å². The van der Waals surface area contributed by atoms with Gasteiger partial charge in [0.25, 0.3) is 0 Å². The molecule has 4 heteroatoms. The molecule has 0 aliphatic heterocycles. The monoisotopic (exact) mass is 457 g/mol. The highest BCUT2D eigenvalue weighted by Gasteiger charge is 2.32. The van der Waals surface area contributed by atoms with Crippen molar-refractivity contribution in [1.82, 2.24) is 0 Å². The van der Waals surface area contributed by atoms with Crippen molar-refractivity contribution in [2.75, 3.05) is 19.0 Å². The number of rotatable bonds is 5. The van der Waals surface area contributed by atoms with E-state index in [9.17, 15) is 0 Å². The van der Waals surface area contributed by atoms with Gasteiger partial charge in [-0.1, -0.05) is 74.6 Å². The lowest BCUT2D eigenvalue weighted by Gasteiger charge is -2.25. The van der Waals surface area contributed by atoms with Gasteiger partial charge >= 0.3 is 0 Å². The molecule has 32 heavy (non-hydrogen) atoms. The zero-order valence-corrected chi connectivity index (χ0v) is 22.1. The topological polar surface area (TPSA) is 3.24 Å². The maximum absolute atomic E-state index is 2.36. The van der Waals surface area contributed by atoms with E-state index in [0.29, 0.717) is 0 Å². The molecule has 4 aromatic rings. The average molecular weight is 458 g/mol. The second-order valence-electron chi connectivity index (χ2n) is 9.29. The Kier molecular flexibility index (Phi) is 6.38. The maximum atomic E-state index is 2.36. The van der Waals surface area contributed by atoms with Gasteiger partial charge in [-0.05, 0) is 63.8 Å². The second kappa shape index (κ2) is 8.92. The van der Waals surface area contributed by atoms with E-state index in [-0.39, 0.29) is 6.71 Å². The summed E-state index contributed by atoms with van der Waals surface area (Å²) in [5.74, 6) is 0. The molecule has 0 amide bonds. The third-order valence-electron chi connectivity index (χ3n) is 6.39. The van der Waals surface area contributed by atoms with E-state index in [4.69, 9.17) is 0 Å². The summed E-state index contributed by atoms with van der Waals surface area (Å²) in [7, 11) is 4.28. The van der Waals surface area contributed by atoms with Gasteiger partial charge in [0.1, 0.15) is 0 Å². The van der Waals surface area contributed by atoms with Gasteiger partial charge in [0.05, 0.1) is 10.6 Å². The molecule has 1 nitrogen and oxygen atoms in total. The minimum atomic E-state index is 0.217. The number of nitrogens with zero attached hydrogens (tertiary/aromatic N) is 1. The third kappa shape index (κ3) is 4.07. The first kappa shape index (κ1) is 22.9. The number of hydrogen-bond donors (Lipinski definition) is 0. The highest BCUT2D eigenvalue weighted by molar-refractivity contribution is 7.23. The minimum Gasteiger partial charge on any atom is -0.376 e. The van der Waals surface area contributed by atoms with Crippen molar-refractivity contribution >= 4 is 51.5 Å². The highest BCUT2D eigenvalue weighted by atomic mass is 32.1. The van der Waals surface area contributed by atoms with Gasteiger partial charge in [0.15, 0.2) is 0 Å². The van der Waals surface area contributed by atoms with Crippen molar-refractivity contribution < 1.29 is 0 Å². The standard InChI is InChI=1S/C28H32BNS2/c1-17-13-19(3)25(20(4)14-17)29(26-21(5)15-18(2)16-22(26)6)23-9-11-31-27(23)28-24(30(7)8)10-12-32-28/h9-16H,1-8H3. The smallest absolute Gasteiger partial charge is 0.244 e. The fourth-order valence-electron chi connectivity index (χ4n) is 5.30. The van der Waals surface area contributed by atoms with Crippen LogP contribution in [0.1, 0.15) is 33.4 Å².